The molecule has 0 amide bonds. The van der Waals surface area contributed by atoms with Gasteiger partial charge >= 0.3 is 0 Å². The average Bonchev–Trinajstić information content (AvgIpc) is 2.25. The third-order valence-electron chi connectivity index (χ3n) is 2.15. The number of benzene rings is 1. The largest absolute Gasteiger partial charge is 0.398 e. The number of hydrogen-bond acceptors (Lipinski definition) is 5. The van der Waals surface area contributed by atoms with E-state index < -0.39 is 4.92 Å². The molecule has 1 aromatic carbocycles. The van der Waals surface area contributed by atoms with Crippen molar-refractivity contribution in [2.75, 3.05) is 23.9 Å². The number of thioether (sulfide) groups is 1. The Morgan fingerprint density at radius 3 is 2.81 bits per heavy atom. The molecule has 88 valence electrons. The van der Waals surface area contributed by atoms with Gasteiger partial charge in [-0.2, -0.15) is 11.8 Å². The van der Waals surface area contributed by atoms with Gasteiger partial charge in [0.15, 0.2) is 0 Å². The Bertz CT molecular complexity index is 384. The van der Waals surface area contributed by atoms with Crippen molar-refractivity contribution in [2.24, 2.45) is 0 Å². The lowest BCUT2D eigenvalue weighted by molar-refractivity contribution is -0.384. The quantitative estimate of drug-likeness (QED) is 0.470. The van der Waals surface area contributed by atoms with Crippen LogP contribution in [0.25, 0.3) is 0 Å². The van der Waals surface area contributed by atoms with E-state index in [4.69, 9.17) is 5.73 Å². The number of anilines is 2. The molecule has 16 heavy (non-hydrogen) atoms. The Morgan fingerprint density at radius 1 is 1.56 bits per heavy atom. The summed E-state index contributed by atoms with van der Waals surface area (Å²) in [5.74, 6) is 0. The molecule has 0 bridgehead atoms. The van der Waals surface area contributed by atoms with Crippen LogP contribution in [0.15, 0.2) is 18.2 Å². The molecule has 1 atom stereocenters. The zero-order valence-electron chi connectivity index (χ0n) is 9.27. The highest BCUT2D eigenvalue weighted by Gasteiger charge is 2.08. The number of non-ortho nitro benzene ring substituents is 1. The lowest BCUT2D eigenvalue weighted by Gasteiger charge is -2.11. The van der Waals surface area contributed by atoms with Crippen LogP contribution in [0.3, 0.4) is 0 Å². The van der Waals surface area contributed by atoms with E-state index in [1.165, 1.54) is 12.1 Å². The molecule has 0 radical (unpaired) electrons. The fourth-order valence-electron chi connectivity index (χ4n) is 1.19. The molecular weight excluding hydrogens is 226 g/mol. The summed E-state index contributed by atoms with van der Waals surface area (Å²) in [5.41, 5.74) is 6.68. The molecule has 5 nitrogen and oxygen atoms in total. The summed E-state index contributed by atoms with van der Waals surface area (Å²) >= 11 is 1.73. The molecule has 3 N–H and O–H groups in total. The number of nitrogen functional groups attached to an aromatic ring is 1. The second kappa shape index (κ2) is 5.60. The van der Waals surface area contributed by atoms with Crippen LogP contribution in [-0.4, -0.2) is 23.0 Å². The molecular formula is C10H15N3O2S. The minimum Gasteiger partial charge on any atom is -0.398 e. The van der Waals surface area contributed by atoms with Crippen LogP contribution in [0.4, 0.5) is 17.1 Å². The number of rotatable bonds is 5. The van der Waals surface area contributed by atoms with Gasteiger partial charge in [-0.05, 0) is 12.3 Å². The van der Waals surface area contributed by atoms with E-state index in [0.29, 0.717) is 16.6 Å². The minimum atomic E-state index is -0.445. The first-order valence-electron chi connectivity index (χ1n) is 4.84. The van der Waals surface area contributed by atoms with Gasteiger partial charge in [0.1, 0.15) is 0 Å². The Labute approximate surface area is 98.6 Å². The highest BCUT2D eigenvalue weighted by Crippen LogP contribution is 2.22. The average molecular weight is 241 g/mol. The minimum absolute atomic E-state index is 0.0132. The maximum absolute atomic E-state index is 10.6. The third-order valence-corrected chi connectivity index (χ3v) is 3.12. The Balaban J connectivity index is 2.76. The van der Waals surface area contributed by atoms with Gasteiger partial charge in [-0.25, -0.2) is 0 Å². The SMILES string of the molecule is CSC(C)CNc1cc(N)cc([N+](=O)[O-])c1. The number of nitrogens with one attached hydrogen (secondary N) is 1. The van der Waals surface area contributed by atoms with Crippen molar-refractivity contribution in [3.63, 3.8) is 0 Å². The molecule has 1 aromatic rings. The first-order valence-corrected chi connectivity index (χ1v) is 6.13. The van der Waals surface area contributed by atoms with Crippen LogP contribution < -0.4 is 11.1 Å². The van der Waals surface area contributed by atoms with Gasteiger partial charge in [-0.3, -0.25) is 10.1 Å². The second-order valence-corrected chi connectivity index (χ2v) is 4.77. The predicted molar refractivity (Wildman–Crippen MR) is 69.0 cm³/mol. The standard InChI is InChI=1S/C10H15N3O2S/c1-7(16-2)6-12-9-3-8(11)4-10(5-9)13(14)15/h3-5,7,12H,6,11H2,1-2H3. The van der Waals surface area contributed by atoms with Crippen LogP contribution in [0.5, 0.6) is 0 Å². The summed E-state index contributed by atoms with van der Waals surface area (Å²) < 4.78 is 0. The van der Waals surface area contributed by atoms with E-state index >= 15 is 0 Å². The predicted octanol–water partition coefficient (Wildman–Crippen LogP) is 2.34. The monoisotopic (exact) mass is 241 g/mol. The van der Waals surface area contributed by atoms with E-state index in [0.717, 1.165) is 6.54 Å². The van der Waals surface area contributed by atoms with Crippen LogP contribution in [-0.2, 0) is 0 Å². The van der Waals surface area contributed by atoms with E-state index in [-0.39, 0.29) is 5.69 Å². The van der Waals surface area contributed by atoms with E-state index in [9.17, 15) is 10.1 Å². The van der Waals surface area contributed by atoms with Crippen molar-refractivity contribution >= 4 is 28.8 Å². The maximum Gasteiger partial charge on any atom is 0.273 e. The van der Waals surface area contributed by atoms with Gasteiger partial charge in [-0.15, -0.1) is 0 Å². The first kappa shape index (κ1) is 12.6. The highest BCUT2D eigenvalue weighted by atomic mass is 32.2. The highest BCUT2D eigenvalue weighted by molar-refractivity contribution is 7.99. The normalized spacial score (nSPS) is 12.1. The zero-order valence-corrected chi connectivity index (χ0v) is 10.1. The molecule has 0 spiro atoms. The summed E-state index contributed by atoms with van der Waals surface area (Å²) in [7, 11) is 0. The third kappa shape index (κ3) is 3.62. The molecule has 0 aliphatic heterocycles. The van der Waals surface area contributed by atoms with Crippen molar-refractivity contribution in [3.05, 3.63) is 28.3 Å². The number of hydrogen-bond donors (Lipinski definition) is 2. The molecule has 0 saturated carbocycles. The van der Waals surface area contributed by atoms with Crippen LogP contribution in [0.1, 0.15) is 6.92 Å². The van der Waals surface area contributed by atoms with Gasteiger partial charge in [0, 0.05) is 35.3 Å². The molecule has 1 rings (SSSR count). The van der Waals surface area contributed by atoms with Crippen LogP contribution in [0.2, 0.25) is 0 Å². The van der Waals surface area contributed by atoms with Crippen molar-refractivity contribution in [2.45, 2.75) is 12.2 Å². The van der Waals surface area contributed by atoms with Crippen molar-refractivity contribution in [1.82, 2.24) is 0 Å². The van der Waals surface area contributed by atoms with Crippen molar-refractivity contribution in [3.8, 4) is 0 Å². The van der Waals surface area contributed by atoms with E-state index in [1.54, 1.807) is 17.8 Å². The topological polar surface area (TPSA) is 81.2 Å². The molecule has 0 fully saturated rings. The van der Waals surface area contributed by atoms with Crippen molar-refractivity contribution in [1.29, 1.82) is 0 Å². The smallest absolute Gasteiger partial charge is 0.273 e. The lowest BCUT2D eigenvalue weighted by atomic mass is 10.2. The van der Waals surface area contributed by atoms with E-state index in [2.05, 4.69) is 12.2 Å². The summed E-state index contributed by atoms with van der Waals surface area (Å²) in [6.45, 7) is 2.83. The summed E-state index contributed by atoms with van der Waals surface area (Å²) in [4.78, 5) is 10.2. The Hall–Kier alpha value is -1.43. The summed E-state index contributed by atoms with van der Waals surface area (Å²) in [5, 5.41) is 14.2. The van der Waals surface area contributed by atoms with Gasteiger partial charge in [-0.1, -0.05) is 6.92 Å². The van der Waals surface area contributed by atoms with Crippen molar-refractivity contribution < 1.29 is 4.92 Å². The second-order valence-electron chi connectivity index (χ2n) is 3.50. The van der Waals surface area contributed by atoms with Gasteiger partial charge < -0.3 is 11.1 Å². The molecule has 0 aliphatic rings. The summed E-state index contributed by atoms with van der Waals surface area (Å²) in [6.07, 6.45) is 2.02. The number of nitrogens with zero attached hydrogens (tertiary/aromatic N) is 1. The fourth-order valence-corrected chi connectivity index (χ4v) is 1.44. The fraction of sp³-hybridized carbons (Fsp3) is 0.400. The first-order chi connectivity index (χ1) is 7.52. The van der Waals surface area contributed by atoms with Gasteiger partial charge in [0.25, 0.3) is 5.69 Å². The number of nitro groups is 1. The van der Waals surface area contributed by atoms with E-state index in [1.807, 2.05) is 6.26 Å². The number of nitro benzene ring substituents is 1. The zero-order chi connectivity index (χ0) is 12.1. The summed E-state index contributed by atoms with van der Waals surface area (Å²) in [6, 6.07) is 4.53. The molecule has 0 aliphatic carbocycles. The molecule has 0 aromatic heterocycles. The molecule has 0 heterocycles. The van der Waals surface area contributed by atoms with Gasteiger partial charge in [0.2, 0.25) is 0 Å². The molecule has 0 saturated heterocycles. The Kier molecular flexibility index (Phi) is 4.42. The maximum atomic E-state index is 10.6. The van der Waals surface area contributed by atoms with Crippen LogP contribution >= 0.6 is 11.8 Å². The number of nitrogens with two attached hydrogens (primary N) is 1. The van der Waals surface area contributed by atoms with Crippen LogP contribution in [0, 0.1) is 10.1 Å². The molecule has 1 unspecified atom stereocenters. The Morgan fingerprint density at radius 2 is 2.25 bits per heavy atom. The lowest BCUT2D eigenvalue weighted by Crippen LogP contribution is -2.12. The van der Waals surface area contributed by atoms with Gasteiger partial charge in [0.05, 0.1) is 4.92 Å². The molecule has 6 heteroatoms.